The Morgan fingerprint density at radius 2 is 1.92 bits per heavy atom. The van der Waals surface area contributed by atoms with Crippen LogP contribution in [0.3, 0.4) is 0 Å². The molecule has 0 aliphatic carbocycles. The number of nitrogen functional groups attached to an aromatic ring is 1. The van der Waals surface area contributed by atoms with Crippen LogP contribution in [0.25, 0.3) is 0 Å². The number of alkyl halides is 3. The molecule has 0 radical (unpaired) electrons. The van der Waals surface area contributed by atoms with Gasteiger partial charge in [0.2, 0.25) is 0 Å². The molecule has 2 nitrogen and oxygen atoms in total. The minimum Gasteiger partial charge on any atom is -0.404 e. The molecule has 1 aromatic carbocycles. The summed E-state index contributed by atoms with van der Waals surface area (Å²) < 4.78 is 38.8. The standard InChI is InChI=1S/C7H5ClF3NO/c8-4-2-1-3-5(6(4)12)13-7(9,10)11/h1-3H,12H2. The fourth-order valence-corrected chi connectivity index (χ4v) is 0.897. The monoisotopic (exact) mass is 211 g/mol. The Morgan fingerprint density at radius 3 is 2.46 bits per heavy atom. The highest BCUT2D eigenvalue weighted by molar-refractivity contribution is 6.33. The molecule has 0 saturated carbocycles. The summed E-state index contributed by atoms with van der Waals surface area (Å²) in [5.41, 5.74) is 5.01. The van der Waals surface area contributed by atoms with Gasteiger partial charge in [0, 0.05) is 0 Å². The molecule has 0 fully saturated rings. The molecule has 0 unspecified atom stereocenters. The number of benzene rings is 1. The summed E-state index contributed by atoms with van der Waals surface area (Å²) in [7, 11) is 0. The van der Waals surface area contributed by atoms with E-state index in [4.69, 9.17) is 17.3 Å². The van der Waals surface area contributed by atoms with Crippen LogP contribution in [-0.2, 0) is 0 Å². The average Bonchev–Trinajstić information content (AvgIpc) is 1.96. The van der Waals surface area contributed by atoms with Crippen LogP contribution in [-0.4, -0.2) is 6.36 Å². The Balaban J connectivity index is 2.96. The van der Waals surface area contributed by atoms with Crippen molar-refractivity contribution >= 4 is 17.3 Å². The summed E-state index contributed by atoms with van der Waals surface area (Å²) in [5, 5.41) is 0.0294. The largest absolute Gasteiger partial charge is 0.573 e. The first-order chi connectivity index (χ1) is 5.90. The molecular weight excluding hydrogens is 207 g/mol. The van der Waals surface area contributed by atoms with E-state index >= 15 is 0 Å². The van der Waals surface area contributed by atoms with Crippen molar-refractivity contribution in [3.8, 4) is 5.75 Å². The van der Waals surface area contributed by atoms with Crippen LogP contribution >= 0.6 is 11.6 Å². The molecule has 2 N–H and O–H groups in total. The summed E-state index contributed by atoms with van der Waals surface area (Å²) in [6.07, 6.45) is -4.75. The number of hydrogen-bond donors (Lipinski definition) is 1. The van der Waals surface area contributed by atoms with Crippen LogP contribution in [0, 0.1) is 0 Å². The van der Waals surface area contributed by atoms with Crippen molar-refractivity contribution in [2.24, 2.45) is 0 Å². The van der Waals surface area contributed by atoms with E-state index in [2.05, 4.69) is 4.74 Å². The van der Waals surface area contributed by atoms with Crippen LogP contribution in [0.4, 0.5) is 18.9 Å². The molecule has 0 aliphatic rings. The highest BCUT2D eigenvalue weighted by atomic mass is 35.5. The lowest BCUT2D eigenvalue weighted by molar-refractivity contribution is -0.274. The molecule has 13 heavy (non-hydrogen) atoms. The van der Waals surface area contributed by atoms with Crippen molar-refractivity contribution in [2.45, 2.75) is 6.36 Å². The normalized spacial score (nSPS) is 11.4. The van der Waals surface area contributed by atoms with Gasteiger partial charge in [-0.25, -0.2) is 0 Å². The zero-order valence-corrected chi connectivity index (χ0v) is 6.99. The summed E-state index contributed by atoms with van der Waals surface area (Å²) in [6.45, 7) is 0. The lowest BCUT2D eigenvalue weighted by Gasteiger charge is -2.11. The van der Waals surface area contributed by atoms with Crippen LogP contribution in [0.1, 0.15) is 0 Å². The van der Waals surface area contributed by atoms with Gasteiger partial charge in [-0.15, -0.1) is 13.2 Å². The predicted molar refractivity (Wildman–Crippen MR) is 42.5 cm³/mol. The zero-order chi connectivity index (χ0) is 10.1. The van der Waals surface area contributed by atoms with E-state index in [9.17, 15) is 13.2 Å². The molecule has 0 saturated heterocycles. The van der Waals surface area contributed by atoms with Crippen LogP contribution in [0.5, 0.6) is 5.75 Å². The molecule has 1 aromatic rings. The second-order valence-electron chi connectivity index (χ2n) is 2.20. The van der Waals surface area contributed by atoms with E-state index < -0.39 is 12.1 Å². The van der Waals surface area contributed by atoms with Crippen molar-refractivity contribution < 1.29 is 17.9 Å². The minimum absolute atomic E-state index is 0.0294. The molecule has 6 heteroatoms. The van der Waals surface area contributed by atoms with Gasteiger partial charge in [-0.2, -0.15) is 0 Å². The summed E-state index contributed by atoms with van der Waals surface area (Å²) in [5.74, 6) is -0.486. The number of hydrogen-bond acceptors (Lipinski definition) is 2. The summed E-state index contributed by atoms with van der Waals surface area (Å²) in [6, 6.07) is 3.79. The molecule has 72 valence electrons. The maximum Gasteiger partial charge on any atom is 0.573 e. The van der Waals surface area contributed by atoms with E-state index in [0.717, 1.165) is 6.07 Å². The maximum absolute atomic E-state index is 11.7. The fraction of sp³-hybridized carbons (Fsp3) is 0.143. The number of rotatable bonds is 1. The van der Waals surface area contributed by atoms with Crippen molar-refractivity contribution in [2.75, 3.05) is 5.73 Å². The smallest absolute Gasteiger partial charge is 0.404 e. The zero-order valence-electron chi connectivity index (χ0n) is 6.23. The van der Waals surface area contributed by atoms with Gasteiger partial charge in [0.15, 0.2) is 5.75 Å². The molecule has 0 amide bonds. The van der Waals surface area contributed by atoms with Crippen molar-refractivity contribution in [1.29, 1.82) is 0 Å². The van der Waals surface area contributed by atoms with E-state index in [1.165, 1.54) is 12.1 Å². The molecule has 0 heterocycles. The Kier molecular flexibility index (Phi) is 2.56. The second-order valence-corrected chi connectivity index (χ2v) is 2.61. The van der Waals surface area contributed by atoms with Crippen LogP contribution in [0.15, 0.2) is 18.2 Å². The highest BCUT2D eigenvalue weighted by Gasteiger charge is 2.32. The predicted octanol–water partition coefficient (Wildman–Crippen LogP) is 2.82. The minimum atomic E-state index is -4.75. The Bertz CT molecular complexity index is 313. The first-order valence-corrected chi connectivity index (χ1v) is 3.57. The molecular formula is C7H5ClF3NO. The van der Waals surface area contributed by atoms with Crippen molar-refractivity contribution in [1.82, 2.24) is 0 Å². The van der Waals surface area contributed by atoms with E-state index in [0.29, 0.717) is 0 Å². The van der Waals surface area contributed by atoms with Gasteiger partial charge in [0.05, 0.1) is 10.7 Å². The van der Waals surface area contributed by atoms with Gasteiger partial charge in [0.25, 0.3) is 0 Å². The van der Waals surface area contributed by atoms with Gasteiger partial charge in [-0.3, -0.25) is 0 Å². The van der Waals surface area contributed by atoms with Gasteiger partial charge in [-0.05, 0) is 12.1 Å². The lowest BCUT2D eigenvalue weighted by Crippen LogP contribution is -2.18. The van der Waals surface area contributed by atoms with E-state index in [1.807, 2.05) is 0 Å². The SMILES string of the molecule is Nc1c(Cl)cccc1OC(F)(F)F. The molecule has 0 spiro atoms. The third-order valence-corrected chi connectivity index (χ3v) is 1.57. The Hall–Kier alpha value is -1.10. The van der Waals surface area contributed by atoms with Crippen molar-refractivity contribution in [3.05, 3.63) is 23.2 Å². The van der Waals surface area contributed by atoms with E-state index in [1.54, 1.807) is 0 Å². The summed E-state index contributed by atoms with van der Waals surface area (Å²) >= 11 is 5.47. The quantitative estimate of drug-likeness (QED) is 0.725. The van der Waals surface area contributed by atoms with E-state index in [-0.39, 0.29) is 10.7 Å². The molecule has 1 rings (SSSR count). The molecule has 0 aromatic heterocycles. The van der Waals surface area contributed by atoms with Gasteiger partial charge >= 0.3 is 6.36 Å². The van der Waals surface area contributed by atoms with Crippen molar-refractivity contribution in [3.63, 3.8) is 0 Å². The summed E-state index contributed by atoms with van der Waals surface area (Å²) in [4.78, 5) is 0. The van der Waals surface area contributed by atoms with Gasteiger partial charge in [-0.1, -0.05) is 17.7 Å². The maximum atomic E-state index is 11.7. The third kappa shape index (κ3) is 2.69. The molecule has 0 aliphatic heterocycles. The van der Waals surface area contributed by atoms with Gasteiger partial charge in [0.1, 0.15) is 0 Å². The first kappa shape index (κ1) is 9.98. The van der Waals surface area contributed by atoms with Gasteiger partial charge < -0.3 is 10.5 Å². The molecule has 0 atom stereocenters. The highest BCUT2D eigenvalue weighted by Crippen LogP contribution is 2.32. The number of nitrogens with two attached hydrogens (primary N) is 1. The topological polar surface area (TPSA) is 35.2 Å². The average molecular weight is 212 g/mol. The first-order valence-electron chi connectivity index (χ1n) is 3.20. The Labute approximate surface area is 77.0 Å². The fourth-order valence-electron chi connectivity index (χ4n) is 0.731. The number of halogens is 4. The number of anilines is 1. The Morgan fingerprint density at radius 1 is 1.31 bits per heavy atom. The number of ether oxygens (including phenoxy) is 1. The number of para-hydroxylation sites is 1. The second kappa shape index (κ2) is 3.33. The molecule has 0 bridgehead atoms. The van der Waals surface area contributed by atoms with Crippen LogP contribution in [0.2, 0.25) is 5.02 Å². The lowest BCUT2D eigenvalue weighted by atomic mass is 10.3. The third-order valence-electron chi connectivity index (χ3n) is 1.24. The van der Waals surface area contributed by atoms with Crippen LogP contribution < -0.4 is 10.5 Å².